The van der Waals surface area contributed by atoms with Crippen LogP contribution in [0.5, 0.6) is 0 Å². The maximum atomic E-state index is 12.3. The normalized spacial score (nSPS) is 16.4. The second-order valence-electron chi connectivity index (χ2n) is 8.32. The van der Waals surface area contributed by atoms with Crippen molar-refractivity contribution in [1.29, 1.82) is 0 Å². The smallest absolute Gasteiger partial charge is 0.270 e. The Labute approximate surface area is 185 Å². The van der Waals surface area contributed by atoms with Crippen LogP contribution in [0.25, 0.3) is 5.57 Å². The summed E-state index contributed by atoms with van der Waals surface area (Å²) in [6.45, 7) is 10.4. The molecule has 0 atom stereocenters. The molecule has 4 rings (SSSR count). The number of carbonyl (C=O) groups excluding carboxylic acids is 1. The van der Waals surface area contributed by atoms with Gasteiger partial charge in [-0.25, -0.2) is 4.39 Å². The van der Waals surface area contributed by atoms with Crippen LogP contribution in [0.2, 0.25) is 0 Å². The first-order valence-corrected chi connectivity index (χ1v) is 11.4. The quantitative estimate of drug-likeness (QED) is 0.740. The largest absolute Gasteiger partial charge is 0.350 e. The fourth-order valence-electron chi connectivity index (χ4n) is 4.37. The molecule has 1 aromatic carbocycles. The lowest BCUT2D eigenvalue weighted by atomic mass is 9.91. The summed E-state index contributed by atoms with van der Waals surface area (Å²) < 4.78 is 12.3. The van der Waals surface area contributed by atoms with E-state index in [0.717, 1.165) is 31.4 Å². The Balaban J connectivity index is 0.000000229. The Morgan fingerprint density at radius 2 is 1.94 bits per heavy atom. The van der Waals surface area contributed by atoms with Crippen molar-refractivity contribution in [2.75, 3.05) is 26.2 Å². The molecule has 1 saturated heterocycles. The number of hydrogen-bond acceptors (Lipinski definition) is 3. The Kier molecular flexibility index (Phi) is 8.35. The van der Waals surface area contributed by atoms with Crippen LogP contribution < -0.4 is 5.32 Å². The molecule has 2 aromatic rings. The Bertz CT molecular complexity index is 915. The molecule has 0 aliphatic carbocycles. The van der Waals surface area contributed by atoms with Gasteiger partial charge in [0.05, 0.1) is 0 Å². The molecule has 4 nitrogen and oxygen atoms in total. The summed E-state index contributed by atoms with van der Waals surface area (Å²) in [6, 6.07) is 6.67. The van der Waals surface area contributed by atoms with Crippen LogP contribution >= 0.6 is 0 Å². The summed E-state index contributed by atoms with van der Waals surface area (Å²) in [7, 11) is 0. The number of rotatable bonds is 5. The Morgan fingerprint density at radius 3 is 2.58 bits per heavy atom. The van der Waals surface area contributed by atoms with E-state index in [0.29, 0.717) is 12.2 Å². The van der Waals surface area contributed by atoms with E-state index in [1.165, 1.54) is 60.3 Å². The molecular weight excluding hydrogens is 389 g/mol. The van der Waals surface area contributed by atoms with Gasteiger partial charge in [0, 0.05) is 19.3 Å². The van der Waals surface area contributed by atoms with E-state index in [1.807, 2.05) is 18.3 Å². The highest BCUT2D eigenvalue weighted by Gasteiger charge is 2.24. The number of nitrogens with zero attached hydrogens (tertiary/aromatic N) is 2. The first kappa shape index (κ1) is 23.1. The van der Waals surface area contributed by atoms with Gasteiger partial charge in [-0.3, -0.25) is 14.7 Å². The van der Waals surface area contributed by atoms with Crippen LogP contribution in [0.3, 0.4) is 0 Å². The monoisotopic (exact) mass is 423 g/mol. The number of nitrogens with one attached hydrogen (secondary N) is 1. The van der Waals surface area contributed by atoms with E-state index >= 15 is 0 Å². The maximum Gasteiger partial charge on any atom is 0.270 e. The number of aromatic nitrogens is 1. The summed E-state index contributed by atoms with van der Waals surface area (Å²) in [5, 5.41) is 2.88. The van der Waals surface area contributed by atoms with Crippen molar-refractivity contribution in [3.63, 3.8) is 0 Å². The highest BCUT2D eigenvalue weighted by molar-refractivity contribution is 5.96. The van der Waals surface area contributed by atoms with Crippen molar-refractivity contribution in [2.24, 2.45) is 0 Å². The molecule has 166 valence electrons. The number of halogens is 1. The number of fused-ring (bicyclic) bond motifs is 1. The lowest BCUT2D eigenvalue weighted by molar-refractivity contribution is 0.0940. The van der Waals surface area contributed by atoms with E-state index in [1.54, 1.807) is 0 Å². The third-order valence-corrected chi connectivity index (χ3v) is 5.96. The topological polar surface area (TPSA) is 45.2 Å². The van der Waals surface area contributed by atoms with Crippen molar-refractivity contribution in [3.05, 3.63) is 70.3 Å². The van der Waals surface area contributed by atoms with Crippen LogP contribution in [-0.4, -0.2) is 42.0 Å². The third-order valence-electron chi connectivity index (χ3n) is 5.96. The predicted molar refractivity (Wildman–Crippen MR) is 125 cm³/mol. The number of pyridine rings is 1. The van der Waals surface area contributed by atoms with Crippen molar-refractivity contribution >= 4 is 11.5 Å². The average Bonchev–Trinajstić information content (AvgIpc) is 3.28. The summed E-state index contributed by atoms with van der Waals surface area (Å²) >= 11 is 0. The number of benzene rings is 1. The van der Waals surface area contributed by atoms with Crippen LogP contribution in [0.15, 0.2) is 36.5 Å². The molecule has 0 radical (unpaired) electrons. The molecule has 1 fully saturated rings. The molecule has 1 amide bonds. The number of carbonyl (C=O) groups is 1. The van der Waals surface area contributed by atoms with Crippen molar-refractivity contribution in [1.82, 2.24) is 15.2 Å². The molecule has 1 aromatic heterocycles. The molecule has 0 unspecified atom stereocenters. The summed E-state index contributed by atoms with van der Waals surface area (Å²) in [5.41, 5.74) is 6.72. The number of likely N-dealkylation sites (tertiary alicyclic amines) is 1. The van der Waals surface area contributed by atoms with Crippen LogP contribution in [0, 0.1) is 12.7 Å². The van der Waals surface area contributed by atoms with Crippen LogP contribution in [-0.2, 0) is 12.8 Å². The molecule has 0 bridgehead atoms. The molecular formula is C26H34FN3O. The first-order valence-electron chi connectivity index (χ1n) is 11.4. The molecule has 2 aliphatic rings. The van der Waals surface area contributed by atoms with Gasteiger partial charge >= 0.3 is 0 Å². The minimum atomic E-state index is -0.153. The van der Waals surface area contributed by atoms with E-state index in [4.69, 9.17) is 0 Å². The van der Waals surface area contributed by atoms with E-state index in [-0.39, 0.29) is 11.7 Å². The minimum Gasteiger partial charge on any atom is -0.350 e. The van der Waals surface area contributed by atoms with Gasteiger partial charge in [-0.05, 0) is 92.6 Å². The Hall–Kier alpha value is -2.53. The fourth-order valence-corrected chi connectivity index (χ4v) is 4.37. The average molecular weight is 424 g/mol. The van der Waals surface area contributed by atoms with Gasteiger partial charge in [0.15, 0.2) is 0 Å². The highest BCUT2D eigenvalue weighted by Crippen LogP contribution is 2.28. The summed E-state index contributed by atoms with van der Waals surface area (Å²) in [6.07, 6.45) is 9.67. The van der Waals surface area contributed by atoms with E-state index in [9.17, 15) is 9.18 Å². The molecule has 0 saturated carbocycles. The third kappa shape index (κ3) is 6.01. The molecule has 0 spiro atoms. The fraction of sp³-hybridized carbons (Fsp3) is 0.462. The molecule has 2 aliphatic heterocycles. The van der Waals surface area contributed by atoms with Gasteiger partial charge in [0.2, 0.25) is 0 Å². The van der Waals surface area contributed by atoms with Crippen LogP contribution in [0.1, 0.15) is 65.9 Å². The van der Waals surface area contributed by atoms with Gasteiger partial charge in [-0.1, -0.05) is 31.6 Å². The minimum absolute atomic E-state index is 0.0332. The molecule has 1 N–H and O–H groups in total. The number of amides is 1. The number of aryl methyl sites for hydroxylation is 2. The van der Waals surface area contributed by atoms with E-state index < -0.39 is 0 Å². The van der Waals surface area contributed by atoms with Gasteiger partial charge < -0.3 is 5.32 Å². The Morgan fingerprint density at radius 1 is 1.23 bits per heavy atom. The highest BCUT2D eigenvalue weighted by atomic mass is 19.1. The standard InChI is InChI=1S/C17H23N3O.C9H11F/c1-3-13(11-20-8-4-5-9-20)15-12(2)10-19-16-14(15)6-7-18-17(16)21;1-2-3-8-4-6-9(10)7-5-8/h3,10H,4-9,11H2,1-2H3,(H,18,21);4-7H,2-3H2,1H3/b13-3-;. The lowest BCUT2D eigenvalue weighted by Crippen LogP contribution is -2.34. The van der Waals surface area contributed by atoms with Gasteiger partial charge in [-0.15, -0.1) is 0 Å². The maximum absolute atomic E-state index is 12.3. The molecule has 31 heavy (non-hydrogen) atoms. The number of hydrogen-bond donors (Lipinski definition) is 1. The zero-order chi connectivity index (χ0) is 22.2. The predicted octanol–water partition coefficient (Wildman–Crippen LogP) is 4.95. The van der Waals surface area contributed by atoms with Gasteiger partial charge in [0.25, 0.3) is 5.91 Å². The van der Waals surface area contributed by atoms with Crippen LogP contribution in [0.4, 0.5) is 4.39 Å². The van der Waals surface area contributed by atoms with Crippen molar-refractivity contribution in [3.8, 4) is 0 Å². The SMILES string of the molecule is C/C=C(/CN1CCCC1)c1c(C)cnc2c1CCNC2=O.CCCc1ccc(F)cc1. The second-order valence-corrected chi connectivity index (χ2v) is 8.32. The summed E-state index contributed by atoms with van der Waals surface area (Å²) in [5.74, 6) is -0.186. The zero-order valence-electron chi connectivity index (χ0n) is 19.0. The van der Waals surface area contributed by atoms with Crippen molar-refractivity contribution < 1.29 is 9.18 Å². The first-order chi connectivity index (χ1) is 15.0. The lowest BCUT2D eigenvalue weighted by Gasteiger charge is -2.24. The second kappa shape index (κ2) is 11.2. The van der Waals surface area contributed by atoms with Gasteiger partial charge in [-0.2, -0.15) is 0 Å². The molecule has 3 heterocycles. The summed E-state index contributed by atoms with van der Waals surface area (Å²) in [4.78, 5) is 18.9. The zero-order valence-corrected chi connectivity index (χ0v) is 19.0. The molecule has 5 heteroatoms. The van der Waals surface area contributed by atoms with Gasteiger partial charge in [0.1, 0.15) is 11.5 Å². The van der Waals surface area contributed by atoms with Crippen molar-refractivity contribution in [2.45, 2.75) is 52.9 Å². The number of allylic oxidation sites excluding steroid dienone is 1. The van der Waals surface area contributed by atoms with E-state index in [2.05, 4.69) is 42.0 Å².